The summed E-state index contributed by atoms with van der Waals surface area (Å²) in [5.41, 5.74) is 0.803. The van der Waals surface area contributed by atoms with E-state index in [0.717, 1.165) is 25.9 Å². The van der Waals surface area contributed by atoms with Gasteiger partial charge < -0.3 is 9.64 Å². The summed E-state index contributed by atoms with van der Waals surface area (Å²) in [6, 6.07) is 2.10. The van der Waals surface area contributed by atoms with Gasteiger partial charge >= 0.3 is 6.09 Å². The number of nitrogens with zero attached hydrogens (tertiary/aromatic N) is 2. The minimum atomic E-state index is -0.430. The van der Waals surface area contributed by atoms with Gasteiger partial charge in [-0.1, -0.05) is 5.57 Å². The van der Waals surface area contributed by atoms with E-state index in [1.165, 1.54) is 5.57 Å². The molecule has 1 saturated heterocycles. The van der Waals surface area contributed by atoms with Crippen molar-refractivity contribution in [1.29, 1.82) is 5.26 Å². The Balaban J connectivity index is 1.91. The van der Waals surface area contributed by atoms with Gasteiger partial charge in [-0.3, -0.25) is 0 Å². The monoisotopic (exact) mass is 248 g/mol. The molecule has 1 aliphatic heterocycles. The number of ether oxygens (including phenoxy) is 1. The van der Waals surface area contributed by atoms with Gasteiger partial charge in [0.15, 0.2) is 0 Å². The maximum absolute atomic E-state index is 11.9. The van der Waals surface area contributed by atoms with Crippen LogP contribution in [-0.2, 0) is 4.74 Å². The van der Waals surface area contributed by atoms with E-state index in [-0.39, 0.29) is 6.09 Å². The summed E-state index contributed by atoms with van der Waals surface area (Å²) >= 11 is 0. The summed E-state index contributed by atoms with van der Waals surface area (Å²) in [6.45, 7) is 7.19. The van der Waals surface area contributed by atoms with Gasteiger partial charge in [0.05, 0.1) is 6.07 Å². The summed E-state index contributed by atoms with van der Waals surface area (Å²) in [6.07, 6.45) is 3.37. The lowest BCUT2D eigenvalue weighted by Gasteiger charge is -2.24. The number of allylic oxidation sites excluding steroid dienone is 2. The van der Waals surface area contributed by atoms with Gasteiger partial charge in [0, 0.05) is 19.2 Å². The minimum Gasteiger partial charge on any atom is -0.444 e. The lowest BCUT2D eigenvalue weighted by Crippen LogP contribution is -2.35. The van der Waals surface area contributed by atoms with Crippen molar-refractivity contribution in [3.8, 4) is 6.07 Å². The largest absolute Gasteiger partial charge is 0.444 e. The molecule has 0 N–H and O–H groups in total. The van der Waals surface area contributed by atoms with Gasteiger partial charge in [-0.15, -0.1) is 0 Å². The normalized spacial score (nSPS) is 29.2. The zero-order chi connectivity index (χ0) is 13.3. The number of carbonyl (C=O) groups is 1. The first-order valence-electron chi connectivity index (χ1n) is 6.44. The summed E-state index contributed by atoms with van der Waals surface area (Å²) in [4.78, 5) is 13.7. The van der Waals surface area contributed by atoms with Crippen LogP contribution < -0.4 is 0 Å². The number of fused-ring (bicyclic) bond motifs is 1. The van der Waals surface area contributed by atoms with Gasteiger partial charge in [0.25, 0.3) is 0 Å². The summed E-state index contributed by atoms with van der Waals surface area (Å²) < 4.78 is 5.38. The highest BCUT2D eigenvalue weighted by Crippen LogP contribution is 2.41. The fourth-order valence-electron chi connectivity index (χ4n) is 2.84. The van der Waals surface area contributed by atoms with Crippen LogP contribution >= 0.6 is 0 Å². The van der Waals surface area contributed by atoms with E-state index in [1.54, 1.807) is 6.08 Å². The molecule has 1 heterocycles. The highest BCUT2D eigenvalue weighted by atomic mass is 16.6. The van der Waals surface area contributed by atoms with Crippen LogP contribution in [0.5, 0.6) is 0 Å². The number of nitriles is 1. The molecule has 1 amide bonds. The highest BCUT2D eigenvalue weighted by molar-refractivity contribution is 5.68. The zero-order valence-corrected chi connectivity index (χ0v) is 11.3. The Kier molecular flexibility index (Phi) is 3.34. The highest BCUT2D eigenvalue weighted by Gasteiger charge is 2.41. The standard InChI is InChI=1S/C14H20N2O2/c1-14(2,3)18-13(17)16-8-11-6-10(4-5-15)7-12(11)9-16/h4,11-12H,6-9H2,1-3H3/t11-,12+. The van der Waals surface area contributed by atoms with Crippen LogP contribution in [0.4, 0.5) is 4.79 Å². The van der Waals surface area contributed by atoms with Crippen LogP contribution in [0.25, 0.3) is 0 Å². The van der Waals surface area contributed by atoms with Crippen molar-refractivity contribution in [2.24, 2.45) is 11.8 Å². The summed E-state index contributed by atoms with van der Waals surface area (Å²) in [5, 5.41) is 8.65. The molecule has 2 aliphatic rings. The van der Waals surface area contributed by atoms with Crippen LogP contribution in [0.1, 0.15) is 33.6 Å². The average Bonchev–Trinajstić information content (AvgIpc) is 2.72. The number of carbonyl (C=O) groups excluding carboxylic acids is 1. The third-order valence-corrected chi connectivity index (χ3v) is 3.55. The number of hydrogen-bond donors (Lipinski definition) is 0. The number of amides is 1. The van der Waals surface area contributed by atoms with E-state index in [2.05, 4.69) is 6.07 Å². The third-order valence-electron chi connectivity index (χ3n) is 3.55. The lowest BCUT2D eigenvalue weighted by atomic mass is 10.0. The molecule has 0 aromatic carbocycles. The molecule has 4 nitrogen and oxygen atoms in total. The van der Waals surface area contributed by atoms with E-state index in [4.69, 9.17) is 10.00 Å². The predicted octanol–water partition coefficient (Wildman–Crippen LogP) is 2.71. The molecule has 0 aromatic heterocycles. The topological polar surface area (TPSA) is 53.3 Å². The third kappa shape index (κ3) is 2.84. The van der Waals surface area contributed by atoms with Gasteiger partial charge in [-0.05, 0) is 45.4 Å². The maximum Gasteiger partial charge on any atom is 0.410 e. The van der Waals surface area contributed by atoms with Crippen LogP contribution in [0.2, 0.25) is 0 Å². The fraction of sp³-hybridized carbons (Fsp3) is 0.714. The fourth-order valence-corrected chi connectivity index (χ4v) is 2.84. The predicted molar refractivity (Wildman–Crippen MR) is 67.7 cm³/mol. The molecule has 4 heteroatoms. The molecular formula is C14H20N2O2. The summed E-state index contributed by atoms with van der Waals surface area (Å²) in [7, 11) is 0. The molecular weight excluding hydrogens is 228 g/mol. The van der Waals surface area contributed by atoms with E-state index in [1.807, 2.05) is 25.7 Å². The van der Waals surface area contributed by atoms with Gasteiger partial charge in [0.1, 0.15) is 5.60 Å². The summed E-state index contributed by atoms with van der Waals surface area (Å²) in [5.74, 6) is 1.02. The van der Waals surface area contributed by atoms with Gasteiger partial charge in [-0.2, -0.15) is 5.26 Å². The molecule has 98 valence electrons. The second-order valence-electron chi connectivity index (χ2n) is 6.25. The van der Waals surface area contributed by atoms with Crippen molar-refractivity contribution < 1.29 is 9.53 Å². The average molecular weight is 248 g/mol. The molecule has 0 spiro atoms. The van der Waals surface area contributed by atoms with Crippen molar-refractivity contribution in [2.45, 2.75) is 39.2 Å². The molecule has 2 atom stereocenters. The van der Waals surface area contributed by atoms with Crippen LogP contribution in [0.3, 0.4) is 0 Å². The van der Waals surface area contributed by atoms with Crippen molar-refractivity contribution in [3.63, 3.8) is 0 Å². The van der Waals surface area contributed by atoms with Crippen LogP contribution in [-0.4, -0.2) is 29.7 Å². The first-order valence-corrected chi connectivity index (χ1v) is 6.44. The number of rotatable bonds is 0. The van der Waals surface area contributed by atoms with E-state index >= 15 is 0 Å². The molecule has 0 radical (unpaired) electrons. The number of hydrogen-bond acceptors (Lipinski definition) is 3. The van der Waals surface area contributed by atoms with Crippen molar-refractivity contribution in [2.75, 3.05) is 13.1 Å². The van der Waals surface area contributed by atoms with Crippen LogP contribution in [0.15, 0.2) is 11.6 Å². The maximum atomic E-state index is 11.9. The molecule has 18 heavy (non-hydrogen) atoms. The Labute approximate surface area is 108 Å². The zero-order valence-electron chi connectivity index (χ0n) is 11.3. The molecule has 2 fully saturated rings. The lowest BCUT2D eigenvalue weighted by molar-refractivity contribution is 0.0282. The minimum absolute atomic E-state index is 0.206. The first kappa shape index (κ1) is 12.9. The van der Waals surface area contributed by atoms with Gasteiger partial charge in [0.2, 0.25) is 0 Å². The molecule has 1 aliphatic carbocycles. The number of likely N-dealkylation sites (tertiary alicyclic amines) is 1. The Morgan fingerprint density at radius 3 is 2.39 bits per heavy atom. The van der Waals surface area contributed by atoms with E-state index < -0.39 is 5.60 Å². The Morgan fingerprint density at radius 2 is 1.94 bits per heavy atom. The quantitative estimate of drug-likeness (QED) is 0.619. The van der Waals surface area contributed by atoms with Crippen molar-refractivity contribution >= 4 is 6.09 Å². The second kappa shape index (κ2) is 4.64. The Bertz CT molecular complexity index is 398. The van der Waals surface area contributed by atoms with Gasteiger partial charge in [-0.25, -0.2) is 4.79 Å². The van der Waals surface area contributed by atoms with Crippen molar-refractivity contribution in [1.82, 2.24) is 4.90 Å². The smallest absolute Gasteiger partial charge is 0.410 e. The van der Waals surface area contributed by atoms with Crippen molar-refractivity contribution in [3.05, 3.63) is 11.6 Å². The Hall–Kier alpha value is -1.50. The first-order chi connectivity index (χ1) is 8.39. The second-order valence-corrected chi connectivity index (χ2v) is 6.25. The molecule has 0 aromatic rings. The van der Waals surface area contributed by atoms with E-state index in [0.29, 0.717) is 11.8 Å². The molecule has 0 unspecified atom stereocenters. The SMILES string of the molecule is CC(C)(C)OC(=O)N1C[C@H]2CC(=CC#N)C[C@H]2C1. The molecule has 1 saturated carbocycles. The van der Waals surface area contributed by atoms with E-state index in [9.17, 15) is 4.79 Å². The molecule has 2 rings (SSSR count). The molecule has 0 bridgehead atoms. The Morgan fingerprint density at radius 1 is 1.39 bits per heavy atom. The van der Waals surface area contributed by atoms with Crippen LogP contribution in [0, 0.1) is 23.2 Å².